The standard InChI is InChI=1S/C13H11N3OS/c1-9-2-5-12(18-9)15-13(17)10-3-4-11-14-6-7-16(11)8-10/h2-8H,1H3,(H,15,17). The van der Waals surface area contributed by atoms with Gasteiger partial charge in [0.25, 0.3) is 5.91 Å². The Balaban J connectivity index is 1.87. The van der Waals surface area contributed by atoms with Crippen molar-refractivity contribution in [3.63, 3.8) is 0 Å². The molecule has 0 saturated carbocycles. The molecule has 90 valence electrons. The summed E-state index contributed by atoms with van der Waals surface area (Å²) in [4.78, 5) is 17.4. The molecule has 3 aromatic heterocycles. The number of rotatable bonds is 2. The third kappa shape index (κ3) is 2.00. The molecule has 0 aliphatic heterocycles. The largest absolute Gasteiger partial charge is 0.314 e. The molecule has 0 aromatic carbocycles. The highest BCUT2D eigenvalue weighted by Gasteiger charge is 2.08. The Morgan fingerprint density at radius 1 is 1.33 bits per heavy atom. The number of imidazole rings is 1. The number of fused-ring (bicyclic) bond motifs is 1. The van der Waals surface area contributed by atoms with Gasteiger partial charge in [-0.3, -0.25) is 4.79 Å². The van der Waals surface area contributed by atoms with Crippen LogP contribution in [0.5, 0.6) is 0 Å². The second-order valence-corrected chi connectivity index (χ2v) is 5.26. The smallest absolute Gasteiger partial charge is 0.257 e. The Bertz CT molecular complexity index is 714. The van der Waals surface area contributed by atoms with E-state index >= 15 is 0 Å². The number of carbonyl (C=O) groups excluding carboxylic acids is 1. The first kappa shape index (κ1) is 11.0. The Kier molecular flexibility index (Phi) is 2.60. The van der Waals surface area contributed by atoms with E-state index in [1.54, 1.807) is 29.8 Å². The van der Waals surface area contributed by atoms with E-state index in [2.05, 4.69) is 10.3 Å². The Hall–Kier alpha value is -2.14. The summed E-state index contributed by atoms with van der Waals surface area (Å²) in [5.74, 6) is -0.104. The molecule has 0 aliphatic carbocycles. The molecule has 1 amide bonds. The van der Waals surface area contributed by atoms with Crippen molar-refractivity contribution in [3.05, 3.63) is 53.3 Å². The molecule has 3 rings (SSSR count). The Morgan fingerprint density at radius 3 is 3.00 bits per heavy atom. The van der Waals surface area contributed by atoms with E-state index in [-0.39, 0.29) is 5.91 Å². The molecule has 1 N–H and O–H groups in total. The average molecular weight is 257 g/mol. The molecule has 18 heavy (non-hydrogen) atoms. The highest BCUT2D eigenvalue weighted by molar-refractivity contribution is 7.16. The van der Waals surface area contributed by atoms with Gasteiger partial charge >= 0.3 is 0 Å². The zero-order valence-electron chi connectivity index (χ0n) is 9.75. The minimum absolute atomic E-state index is 0.104. The lowest BCUT2D eigenvalue weighted by Crippen LogP contribution is -2.11. The van der Waals surface area contributed by atoms with Crippen LogP contribution >= 0.6 is 11.3 Å². The lowest BCUT2D eigenvalue weighted by atomic mass is 10.2. The summed E-state index contributed by atoms with van der Waals surface area (Å²) < 4.78 is 1.83. The number of hydrogen-bond donors (Lipinski definition) is 1. The number of pyridine rings is 1. The van der Waals surface area contributed by atoms with Crippen molar-refractivity contribution in [2.75, 3.05) is 5.32 Å². The van der Waals surface area contributed by atoms with Crippen molar-refractivity contribution in [2.24, 2.45) is 0 Å². The molecule has 0 bridgehead atoms. The minimum Gasteiger partial charge on any atom is -0.314 e. The van der Waals surface area contributed by atoms with Crippen LogP contribution in [0, 0.1) is 6.92 Å². The van der Waals surface area contributed by atoms with Crippen LogP contribution in [0.15, 0.2) is 42.9 Å². The fourth-order valence-corrected chi connectivity index (χ4v) is 2.50. The van der Waals surface area contributed by atoms with E-state index < -0.39 is 0 Å². The predicted octanol–water partition coefficient (Wildman–Crippen LogP) is 2.96. The molecule has 5 heteroatoms. The van der Waals surface area contributed by atoms with Gasteiger partial charge in [-0.15, -0.1) is 11.3 Å². The zero-order valence-corrected chi connectivity index (χ0v) is 10.6. The quantitative estimate of drug-likeness (QED) is 0.767. The van der Waals surface area contributed by atoms with Crippen molar-refractivity contribution >= 4 is 27.9 Å². The first-order valence-corrected chi connectivity index (χ1v) is 6.34. The third-order valence-electron chi connectivity index (χ3n) is 2.63. The van der Waals surface area contributed by atoms with E-state index in [4.69, 9.17) is 0 Å². The number of hydrogen-bond acceptors (Lipinski definition) is 3. The van der Waals surface area contributed by atoms with Crippen LogP contribution in [0.2, 0.25) is 0 Å². The van der Waals surface area contributed by atoms with Crippen molar-refractivity contribution in [3.8, 4) is 0 Å². The number of carbonyl (C=O) groups is 1. The summed E-state index contributed by atoms with van der Waals surface area (Å²) in [5, 5.41) is 3.75. The molecule has 0 atom stereocenters. The normalized spacial score (nSPS) is 10.7. The molecule has 0 fully saturated rings. The molecule has 0 spiro atoms. The molecule has 4 nitrogen and oxygen atoms in total. The maximum Gasteiger partial charge on any atom is 0.257 e. The summed E-state index contributed by atoms with van der Waals surface area (Å²) in [6.07, 6.45) is 5.30. The molecule has 0 unspecified atom stereocenters. The lowest BCUT2D eigenvalue weighted by Gasteiger charge is -2.03. The van der Waals surface area contributed by atoms with Crippen LogP contribution in [-0.4, -0.2) is 15.3 Å². The van der Waals surface area contributed by atoms with Crippen LogP contribution in [0.3, 0.4) is 0 Å². The molecular formula is C13H11N3OS. The van der Waals surface area contributed by atoms with E-state index in [0.29, 0.717) is 5.56 Å². The zero-order chi connectivity index (χ0) is 12.5. The number of anilines is 1. The molecule has 3 heterocycles. The second kappa shape index (κ2) is 4.27. The molecule has 0 radical (unpaired) electrons. The average Bonchev–Trinajstić information content (AvgIpc) is 2.96. The lowest BCUT2D eigenvalue weighted by molar-refractivity contribution is 0.102. The van der Waals surface area contributed by atoms with Crippen molar-refractivity contribution in [1.82, 2.24) is 9.38 Å². The molecule has 0 saturated heterocycles. The van der Waals surface area contributed by atoms with Gasteiger partial charge in [-0.05, 0) is 31.2 Å². The van der Waals surface area contributed by atoms with Gasteiger partial charge in [-0.2, -0.15) is 0 Å². The fraction of sp³-hybridized carbons (Fsp3) is 0.0769. The third-order valence-corrected chi connectivity index (χ3v) is 3.54. The van der Waals surface area contributed by atoms with Crippen LogP contribution in [0.25, 0.3) is 5.65 Å². The molecular weight excluding hydrogens is 246 g/mol. The monoisotopic (exact) mass is 257 g/mol. The van der Waals surface area contributed by atoms with Crippen LogP contribution in [0.4, 0.5) is 5.00 Å². The van der Waals surface area contributed by atoms with Gasteiger partial charge in [-0.1, -0.05) is 0 Å². The van der Waals surface area contributed by atoms with Crippen LogP contribution < -0.4 is 5.32 Å². The summed E-state index contributed by atoms with van der Waals surface area (Å²) in [7, 11) is 0. The van der Waals surface area contributed by atoms with Gasteiger partial charge in [0.15, 0.2) is 0 Å². The van der Waals surface area contributed by atoms with Gasteiger partial charge in [0.1, 0.15) is 5.65 Å². The van der Waals surface area contributed by atoms with Crippen molar-refractivity contribution in [2.45, 2.75) is 6.92 Å². The summed E-state index contributed by atoms with van der Waals surface area (Å²) in [6.45, 7) is 2.01. The number of nitrogens with one attached hydrogen (secondary N) is 1. The van der Waals surface area contributed by atoms with Crippen LogP contribution in [0.1, 0.15) is 15.2 Å². The first-order chi connectivity index (χ1) is 8.72. The maximum atomic E-state index is 12.1. The highest BCUT2D eigenvalue weighted by atomic mass is 32.1. The van der Waals surface area contributed by atoms with Gasteiger partial charge < -0.3 is 9.72 Å². The number of thiophene rings is 1. The van der Waals surface area contributed by atoms with Crippen LogP contribution in [-0.2, 0) is 0 Å². The Labute approximate surface area is 108 Å². The molecule has 0 aliphatic rings. The van der Waals surface area contributed by atoms with Gasteiger partial charge in [-0.25, -0.2) is 4.98 Å². The highest BCUT2D eigenvalue weighted by Crippen LogP contribution is 2.21. The summed E-state index contributed by atoms with van der Waals surface area (Å²) in [6, 6.07) is 7.50. The topological polar surface area (TPSA) is 46.4 Å². The number of aryl methyl sites for hydroxylation is 1. The fourth-order valence-electron chi connectivity index (χ4n) is 1.74. The van der Waals surface area contributed by atoms with Gasteiger partial charge in [0.2, 0.25) is 0 Å². The van der Waals surface area contributed by atoms with E-state index in [0.717, 1.165) is 10.6 Å². The number of amides is 1. The predicted molar refractivity (Wildman–Crippen MR) is 72.2 cm³/mol. The minimum atomic E-state index is -0.104. The van der Waals surface area contributed by atoms with Crippen molar-refractivity contribution in [1.29, 1.82) is 0 Å². The first-order valence-electron chi connectivity index (χ1n) is 5.53. The van der Waals surface area contributed by atoms with Gasteiger partial charge in [0.05, 0.1) is 10.6 Å². The van der Waals surface area contributed by atoms with Crippen molar-refractivity contribution < 1.29 is 4.79 Å². The molecule has 3 aromatic rings. The van der Waals surface area contributed by atoms with E-state index in [1.807, 2.05) is 35.7 Å². The summed E-state index contributed by atoms with van der Waals surface area (Å²) >= 11 is 1.56. The van der Waals surface area contributed by atoms with E-state index in [1.165, 1.54) is 4.88 Å². The number of aromatic nitrogens is 2. The number of nitrogens with zero attached hydrogens (tertiary/aromatic N) is 2. The Morgan fingerprint density at radius 2 is 2.22 bits per heavy atom. The van der Waals surface area contributed by atoms with E-state index in [9.17, 15) is 4.79 Å². The van der Waals surface area contributed by atoms with Gasteiger partial charge in [0, 0.05) is 23.5 Å². The second-order valence-electron chi connectivity index (χ2n) is 3.97. The SMILES string of the molecule is Cc1ccc(NC(=O)c2ccc3nccn3c2)s1. The maximum absolute atomic E-state index is 12.1. The summed E-state index contributed by atoms with van der Waals surface area (Å²) in [5.41, 5.74) is 1.45.